The first-order valence-electron chi connectivity index (χ1n) is 4.79. The Balaban J connectivity index is 2.31. The predicted octanol–water partition coefficient (Wildman–Crippen LogP) is 1.33. The van der Waals surface area contributed by atoms with Crippen LogP contribution in [0.2, 0.25) is 0 Å². The topological polar surface area (TPSA) is 59.9 Å². The number of rotatable bonds is 3. The van der Waals surface area contributed by atoms with Gasteiger partial charge in [0.15, 0.2) is 18.9 Å². The Bertz CT molecular complexity index is 500. The van der Waals surface area contributed by atoms with E-state index in [2.05, 4.69) is 4.98 Å². The maximum Gasteiger partial charge on any atom is 0.278 e. The quantitative estimate of drug-likeness (QED) is 0.441. The van der Waals surface area contributed by atoms with Gasteiger partial charge in [-0.1, -0.05) is 12.1 Å². The fourth-order valence-electron chi connectivity index (χ4n) is 1.47. The molecule has 0 aliphatic carbocycles. The van der Waals surface area contributed by atoms with Crippen molar-refractivity contribution in [3.05, 3.63) is 64.7 Å². The van der Waals surface area contributed by atoms with Crippen molar-refractivity contribution >= 4 is 5.69 Å². The SMILES string of the molecule is O=[N+]([O-])c1ccccc1C[n+]1ccncc1. The lowest BCUT2D eigenvalue weighted by atomic mass is 10.2. The lowest BCUT2D eigenvalue weighted by Gasteiger charge is -1.98. The maximum atomic E-state index is 10.8. The van der Waals surface area contributed by atoms with Crippen LogP contribution in [0, 0.1) is 10.1 Å². The molecule has 1 heterocycles. The molecule has 5 nitrogen and oxygen atoms in total. The van der Waals surface area contributed by atoms with E-state index in [1.165, 1.54) is 6.07 Å². The molecule has 0 aliphatic heterocycles. The van der Waals surface area contributed by atoms with Crippen LogP contribution in [0.3, 0.4) is 0 Å². The van der Waals surface area contributed by atoms with Crippen molar-refractivity contribution in [2.24, 2.45) is 0 Å². The number of para-hydroxylation sites is 1. The number of benzene rings is 1. The second kappa shape index (κ2) is 4.48. The van der Waals surface area contributed by atoms with Crippen molar-refractivity contribution in [3.8, 4) is 0 Å². The number of aromatic nitrogens is 2. The molecular formula is C11H10N3O2+. The summed E-state index contributed by atoms with van der Waals surface area (Å²) in [5, 5.41) is 10.8. The number of nitro groups is 1. The van der Waals surface area contributed by atoms with E-state index in [0.717, 1.165) is 0 Å². The Labute approximate surface area is 92.2 Å². The first-order valence-corrected chi connectivity index (χ1v) is 4.79. The van der Waals surface area contributed by atoms with Crippen molar-refractivity contribution in [2.75, 3.05) is 0 Å². The van der Waals surface area contributed by atoms with Gasteiger partial charge in [0.2, 0.25) is 0 Å². The second-order valence-electron chi connectivity index (χ2n) is 3.30. The summed E-state index contributed by atoms with van der Waals surface area (Å²) in [6.45, 7) is 0.472. The van der Waals surface area contributed by atoms with E-state index in [4.69, 9.17) is 0 Å². The van der Waals surface area contributed by atoms with Crippen LogP contribution in [-0.2, 0) is 6.54 Å². The first kappa shape index (κ1) is 10.2. The van der Waals surface area contributed by atoms with E-state index in [9.17, 15) is 10.1 Å². The summed E-state index contributed by atoms with van der Waals surface area (Å²) in [7, 11) is 0. The number of nitrogens with zero attached hydrogens (tertiary/aromatic N) is 3. The highest BCUT2D eigenvalue weighted by Crippen LogP contribution is 2.16. The average Bonchev–Trinajstić information content (AvgIpc) is 2.31. The summed E-state index contributed by atoms with van der Waals surface area (Å²) in [5.74, 6) is 0. The molecule has 0 radical (unpaired) electrons. The first-order chi connectivity index (χ1) is 7.77. The summed E-state index contributed by atoms with van der Waals surface area (Å²) in [4.78, 5) is 14.3. The zero-order valence-corrected chi connectivity index (χ0v) is 8.48. The van der Waals surface area contributed by atoms with E-state index in [-0.39, 0.29) is 10.6 Å². The summed E-state index contributed by atoms with van der Waals surface area (Å²) in [6.07, 6.45) is 6.84. The van der Waals surface area contributed by atoms with E-state index in [1.54, 1.807) is 43.0 Å². The van der Waals surface area contributed by atoms with Crippen molar-refractivity contribution in [1.82, 2.24) is 4.98 Å². The van der Waals surface area contributed by atoms with Crippen LogP contribution < -0.4 is 4.57 Å². The molecule has 2 rings (SSSR count). The summed E-state index contributed by atoms with van der Waals surface area (Å²) < 4.78 is 1.84. The van der Waals surface area contributed by atoms with Crippen molar-refractivity contribution in [1.29, 1.82) is 0 Å². The van der Waals surface area contributed by atoms with Crippen LogP contribution in [-0.4, -0.2) is 9.91 Å². The number of nitro benzene ring substituents is 1. The largest absolute Gasteiger partial charge is 0.278 e. The average molecular weight is 216 g/mol. The highest BCUT2D eigenvalue weighted by molar-refractivity contribution is 5.38. The Kier molecular flexibility index (Phi) is 2.86. The maximum absolute atomic E-state index is 10.8. The van der Waals surface area contributed by atoms with Crippen molar-refractivity contribution in [3.63, 3.8) is 0 Å². The summed E-state index contributed by atoms with van der Waals surface area (Å²) in [5.41, 5.74) is 0.829. The van der Waals surface area contributed by atoms with Crippen LogP contribution in [0.4, 0.5) is 5.69 Å². The molecule has 2 aromatic rings. The van der Waals surface area contributed by atoms with Crippen molar-refractivity contribution < 1.29 is 9.49 Å². The zero-order chi connectivity index (χ0) is 11.4. The fraction of sp³-hybridized carbons (Fsp3) is 0.0909. The third-order valence-corrected chi connectivity index (χ3v) is 2.23. The lowest BCUT2D eigenvalue weighted by molar-refractivity contribution is -0.689. The third-order valence-electron chi connectivity index (χ3n) is 2.23. The van der Waals surface area contributed by atoms with Gasteiger partial charge in [-0.3, -0.25) is 15.1 Å². The normalized spacial score (nSPS) is 10.0. The Morgan fingerprint density at radius 2 is 1.94 bits per heavy atom. The predicted molar refractivity (Wildman–Crippen MR) is 56.6 cm³/mol. The molecule has 80 valence electrons. The molecule has 16 heavy (non-hydrogen) atoms. The zero-order valence-electron chi connectivity index (χ0n) is 8.48. The van der Waals surface area contributed by atoms with Crippen LogP contribution >= 0.6 is 0 Å². The van der Waals surface area contributed by atoms with Crippen LogP contribution in [0.15, 0.2) is 49.1 Å². The monoisotopic (exact) mass is 216 g/mol. The Morgan fingerprint density at radius 3 is 2.62 bits per heavy atom. The van der Waals surface area contributed by atoms with Gasteiger partial charge in [0.25, 0.3) is 5.69 Å². The lowest BCUT2D eigenvalue weighted by Crippen LogP contribution is -2.33. The van der Waals surface area contributed by atoms with Gasteiger partial charge >= 0.3 is 0 Å². The van der Waals surface area contributed by atoms with E-state index in [1.807, 2.05) is 4.57 Å². The van der Waals surface area contributed by atoms with E-state index < -0.39 is 0 Å². The third kappa shape index (κ3) is 2.20. The molecule has 5 heteroatoms. The van der Waals surface area contributed by atoms with Crippen LogP contribution in [0.1, 0.15) is 5.56 Å². The highest BCUT2D eigenvalue weighted by atomic mass is 16.6. The standard InChI is InChI=1S/C11H10N3O2/c15-14(16)11-4-2-1-3-10(11)9-13-7-5-12-6-8-13/h1-8H,9H2/q+1. The van der Waals surface area contributed by atoms with Gasteiger partial charge in [-0.15, -0.1) is 0 Å². The number of hydrogen-bond donors (Lipinski definition) is 0. The molecule has 0 aliphatic rings. The Hall–Kier alpha value is -2.30. The van der Waals surface area contributed by atoms with Gasteiger partial charge in [0.1, 0.15) is 0 Å². The highest BCUT2D eigenvalue weighted by Gasteiger charge is 2.15. The minimum Gasteiger partial charge on any atom is -0.258 e. The molecule has 0 spiro atoms. The van der Waals surface area contributed by atoms with Gasteiger partial charge in [0.05, 0.1) is 22.9 Å². The van der Waals surface area contributed by atoms with Gasteiger partial charge in [0, 0.05) is 6.07 Å². The van der Waals surface area contributed by atoms with Gasteiger partial charge in [-0.25, -0.2) is 0 Å². The molecule has 0 saturated carbocycles. The molecule has 0 unspecified atom stereocenters. The molecule has 0 atom stereocenters. The summed E-state index contributed by atoms with van der Waals surface area (Å²) in [6, 6.07) is 6.73. The van der Waals surface area contributed by atoms with Crippen molar-refractivity contribution in [2.45, 2.75) is 6.54 Å². The fourth-order valence-corrected chi connectivity index (χ4v) is 1.47. The molecule has 0 N–H and O–H groups in total. The molecule has 0 amide bonds. The van der Waals surface area contributed by atoms with E-state index >= 15 is 0 Å². The van der Waals surface area contributed by atoms with Crippen LogP contribution in [0.5, 0.6) is 0 Å². The second-order valence-corrected chi connectivity index (χ2v) is 3.30. The molecule has 0 fully saturated rings. The van der Waals surface area contributed by atoms with E-state index in [0.29, 0.717) is 12.1 Å². The van der Waals surface area contributed by atoms with Gasteiger partial charge < -0.3 is 0 Å². The summed E-state index contributed by atoms with van der Waals surface area (Å²) >= 11 is 0. The molecule has 0 saturated heterocycles. The molecular weight excluding hydrogens is 206 g/mol. The molecule has 1 aromatic carbocycles. The molecule has 0 bridgehead atoms. The molecule has 1 aromatic heterocycles. The van der Waals surface area contributed by atoms with Gasteiger partial charge in [-0.2, -0.15) is 4.57 Å². The number of hydrogen-bond acceptors (Lipinski definition) is 3. The van der Waals surface area contributed by atoms with Gasteiger partial charge in [-0.05, 0) is 6.07 Å². The minimum absolute atomic E-state index is 0.145. The smallest absolute Gasteiger partial charge is 0.258 e. The van der Waals surface area contributed by atoms with Crippen LogP contribution in [0.25, 0.3) is 0 Å². The minimum atomic E-state index is -0.364. The Morgan fingerprint density at radius 1 is 1.25 bits per heavy atom.